The average molecular weight is 397 g/mol. The van der Waals surface area contributed by atoms with Crippen molar-refractivity contribution in [1.82, 2.24) is 0 Å². The van der Waals surface area contributed by atoms with Crippen LogP contribution in [0, 0.1) is 0 Å². The topological polar surface area (TPSA) is 47.9 Å². The molecule has 0 spiro atoms. The fraction of sp³-hybridized carbons (Fsp3) is 0.440. The van der Waals surface area contributed by atoms with Crippen molar-refractivity contribution < 1.29 is 19.3 Å². The van der Waals surface area contributed by atoms with Crippen molar-refractivity contribution in [2.24, 2.45) is 0 Å². The van der Waals surface area contributed by atoms with E-state index in [9.17, 15) is 0 Å². The molecule has 0 amide bonds. The molecule has 0 heterocycles. The van der Waals surface area contributed by atoms with E-state index in [-0.39, 0.29) is 6.61 Å². The lowest BCUT2D eigenvalue weighted by Gasteiger charge is -2.14. The first kappa shape index (κ1) is 21.6. The Labute approximate surface area is 173 Å². The van der Waals surface area contributed by atoms with Crippen LogP contribution in [-0.4, -0.2) is 44.7 Å². The van der Waals surface area contributed by atoms with Gasteiger partial charge in [-0.1, -0.05) is 56.2 Å². The van der Waals surface area contributed by atoms with Crippen molar-refractivity contribution in [3.63, 3.8) is 0 Å². The van der Waals surface area contributed by atoms with Crippen molar-refractivity contribution >= 4 is 21.5 Å². The second-order valence-corrected chi connectivity index (χ2v) is 7.24. The summed E-state index contributed by atoms with van der Waals surface area (Å²) in [5.41, 5.74) is 1.36. The van der Waals surface area contributed by atoms with E-state index in [4.69, 9.17) is 19.3 Å². The lowest BCUT2D eigenvalue weighted by atomic mass is 9.98. The first-order valence-corrected chi connectivity index (χ1v) is 10.7. The van der Waals surface area contributed by atoms with Gasteiger partial charge in [0.1, 0.15) is 12.4 Å². The molecular weight excluding hydrogens is 364 g/mol. The van der Waals surface area contributed by atoms with Gasteiger partial charge in [-0.2, -0.15) is 0 Å². The molecule has 0 aliphatic carbocycles. The van der Waals surface area contributed by atoms with Gasteiger partial charge in [0.2, 0.25) is 0 Å². The molecule has 156 valence electrons. The molecule has 0 bridgehead atoms. The lowest BCUT2D eigenvalue weighted by molar-refractivity contribution is 0.0249. The molecule has 0 saturated carbocycles. The fourth-order valence-electron chi connectivity index (χ4n) is 3.55. The predicted molar refractivity (Wildman–Crippen MR) is 119 cm³/mol. The van der Waals surface area contributed by atoms with Gasteiger partial charge in [0.15, 0.2) is 0 Å². The van der Waals surface area contributed by atoms with Crippen LogP contribution >= 0.6 is 0 Å². The summed E-state index contributed by atoms with van der Waals surface area (Å²) >= 11 is 0. The van der Waals surface area contributed by atoms with Crippen molar-refractivity contribution in [3.8, 4) is 5.75 Å². The minimum Gasteiger partial charge on any atom is -0.490 e. The number of aliphatic hydroxyl groups is 1. The van der Waals surface area contributed by atoms with Gasteiger partial charge in [-0.3, -0.25) is 0 Å². The summed E-state index contributed by atoms with van der Waals surface area (Å²) in [6.07, 6.45) is 4.82. The average Bonchev–Trinajstić information content (AvgIpc) is 2.75. The van der Waals surface area contributed by atoms with Gasteiger partial charge >= 0.3 is 0 Å². The number of rotatable bonds is 13. The number of ether oxygens (including phenoxy) is 3. The summed E-state index contributed by atoms with van der Waals surface area (Å²) in [5.74, 6) is 0.940. The fourth-order valence-corrected chi connectivity index (χ4v) is 3.55. The summed E-state index contributed by atoms with van der Waals surface area (Å²) < 4.78 is 17.0. The van der Waals surface area contributed by atoms with Crippen molar-refractivity contribution in [1.29, 1.82) is 0 Å². The smallest absolute Gasteiger partial charge is 0.135 e. The molecule has 1 N–H and O–H groups in total. The summed E-state index contributed by atoms with van der Waals surface area (Å²) in [6, 6.07) is 17.4. The second-order valence-electron chi connectivity index (χ2n) is 7.24. The Kier molecular flexibility index (Phi) is 8.75. The first-order valence-electron chi connectivity index (χ1n) is 10.7. The SMILES string of the molecule is CCCCCc1ccc2cc3ccccc3c(OCCOCCOCCO)c2c1. The third-order valence-corrected chi connectivity index (χ3v) is 5.03. The van der Waals surface area contributed by atoms with E-state index in [1.54, 1.807) is 0 Å². The number of hydrogen-bond donors (Lipinski definition) is 1. The quantitative estimate of drug-likeness (QED) is 0.321. The molecule has 0 saturated heterocycles. The summed E-state index contributed by atoms with van der Waals surface area (Å²) in [5, 5.41) is 13.4. The summed E-state index contributed by atoms with van der Waals surface area (Å²) in [4.78, 5) is 0. The molecule has 0 aromatic heterocycles. The van der Waals surface area contributed by atoms with Crippen LogP contribution in [0.15, 0.2) is 48.5 Å². The van der Waals surface area contributed by atoms with Crippen LogP contribution in [0.25, 0.3) is 21.5 Å². The Morgan fingerprint density at radius 2 is 1.52 bits per heavy atom. The predicted octanol–water partition coefficient (Wildman–Crippen LogP) is 5.13. The molecule has 0 radical (unpaired) electrons. The number of benzene rings is 3. The van der Waals surface area contributed by atoms with Crippen LogP contribution in [-0.2, 0) is 15.9 Å². The largest absolute Gasteiger partial charge is 0.490 e. The maximum absolute atomic E-state index is 8.70. The minimum absolute atomic E-state index is 0.0394. The molecule has 0 atom stereocenters. The lowest BCUT2D eigenvalue weighted by Crippen LogP contribution is -2.12. The highest BCUT2D eigenvalue weighted by Crippen LogP contribution is 2.35. The van der Waals surface area contributed by atoms with Crippen LogP contribution in [0.3, 0.4) is 0 Å². The molecule has 3 aromatic carbocycles. The Balaban J connectivity index is 1.73. The van der Waals surface area contributed by atoms with Gasteiger partial charge in [0.25, 0.3) is 0 Å². The Morgan fingerprint density at radius 1 is 0.759 bits per heavy atom. The third kappa shape index (κ3) is 6.17. The zero-order valence-electron chi connectivity index (χ0n) is 17.4. The van der Waals surface area contributed by atoms with Gasteiger partial charge in [-0.25, -0.2) is 0 Å². The van der Waals surface area contributed by atoms with E-state index in [1.165, 1.54) is 41.0 Å². The third-order valence-electron chi connectivity index (χ3n) is 5.03. The molecule has 0 unspecified atom stereocenters. The molecule has 29 heavy (non-hydrogen) atoms. The first-order chi connectivity index (χ1) is 14.3. The molecular formula is C25H32O4. The van der Waals surface area contributed by atoms with Crippen molar-refractivity contribution in [2.75, 3.05) is 39.6 Å². The van der Waals surface area contributed by atoms with E-state index < -0.39 is 0 Å². The Bertz CT molecular complexity index is 891. The van der Waals surface area contributed by atoms with E-state index >= 15 is 0 Å². The van der Waals surface area contributed by atoms with E-state index in [1.807, 2.05) is 0 Å². The monoisotopic (exact) mass is 396 g/mol. The zero-order chi connectivity index (χ0) is 20.3. The van der Waals surface area contributed by atoms with E-state index in [0.717, 1.165) is 17.6 Å². The van der Waals surface area contributed by atoms with Crippen molar-refractivity contribution in [3.05, 3.63) is 54.1 Å². The van der Waals surface area contributed by atoms with Crippen LogP contribution in [0.4, 0.5) is 0 Å². The molecule has 4 heteroatoms. The van der Waals surface area contributed by atoms with Gasteiger partial charge in [-0.15, -0.1) is 0 Å². The van der Waals surface area contributed by atoms with Gasteiger partial charge in [-0.05, 0) is 41.3 Å². The molecule has 4 nitrogen and oxygen atoms in total. The maximum Gasteiger partial charge on any atom is 0.135 e. The molecule has 0 aliphatic heterocycles. The number of hydrogen-bond acceptors (Lipinski definition) is 4. The normalized spacial score (nSPS) is 11.4. The van der Waals surface area contributed by atoms with Gasteiger partial charge in [0.05, 0.1) is 33.0 Å². The molecule has 3 aromatic rings. The molecule has 0 fully saturated rings. The maximum atomic E-state index is 8.70. The van der Waals surface area contributed by atoms with Crippen LogP contribution in [0.5, 0.6) is 5.75 Å². The number of unbranched alkanes of at least 4 members (excludes halogenated alkanes) is 2. The number of aliphatic hydroxyl groups excluding tert-OH is 1. The van der Waals surface area contributed by atoms with Crippen molar-refractivity contribution in [2.45, 2.75) is 32.6 Å². The highest BCUT2D eigenvalue weighted by Gasteiger charge is 2.10. The molecule has 3 rings (SSSR count). The van der Waals surface area contributed by atoms with Crippen LogP contribution in [0.2, 0.25) is 0 Å². The summed E-state index contributed by atoms with van der Waals surface area (Å²) in [6.45, 7) is 4.60. The zero-order valence-corrected chi connectivity index (χ0v) is 17.4. The van der Waals surface area contributed by atoms with E-state index in [2.05, 4.69) is 55.5 Å². The Morgan fingerprint density at radius 3 is 2.34 bits per heavy atom. The second kappa shape index (κ2) is 11.8. The van der Waals surface area contributed by atoms with Crippen LogP contribution < -0.4 is 4.74 Å². The number of fused-ring (bicyclic) bond motifs is 2. The van der Waals surface area contributed by atoms with Crippen LogP contribution in [0.1, 0.15) is 31.7 Å². The van der Waals surface area contributed by atoms with Gasteiger partial charge in [0, 0.05) is 10.8 Å². The van der Waals surface area contributed by atoms with Gasteiger partial charge < -0.3 is 19.3 Å². The Hall–Kier alpha value is -2.14. The molecule has 0 aliphatic rings. The standard InChI is InChI=1S/C25H32O4/c1-2-3-4-7-20-10-11-22-19-21-8-5-6-9-23(21)25(24(22)18-20)29-17-16-28-15-14-27-13-12-26/h5-6,8-11,18-19,26H,2-4,7,12-17H2,1H3. The summed E-state index contributed by atoms with van der Waals surface area (Å²) in [7, 11) is 0. The number of aryl methyl sites for hydroxylation is 1. The highest BCUT2D eigenvalue weighted by molar-refractivity contribution is 6.05. The minimum atomic E-state index is 0.0394. The van der Waals surface area contributed by atoms with E-state index in [0.29, 0.717) is 33.0 Å². The highest BCUT2D eigenvalue weighted by atomic mass is 16.5.